The number of hydrogen-bond donors (Lipinski definition) is 2. The summed E-state index contributed by atoms with van der Waals surface area (Å²) in [6.45, 7) is 3.57. The van der Waals surface area contributed by atoms with Gasteiger partial charge in [0.2, 0.25) is 0 Å². The van der Waals surface area contributed by atoms with Crippen LogP contribution in [0.1, 0.15) is 25.5 Å². The SMILES string of the molecule is CC(C)c1cc([N+](=O)[O-])cc(=N)n1O. The Labute approximate surface area is 80.0 Å². The van der Waals surface area contributed by atoms with E-state index in [0.29, 0.717) is 10.4 Å². The second-order valence-electron chi connectivity index (χ2n) is 3.25. The van der Waals surface area contributed by atoms with Crippen LogP contribution < -0.4 is 5.49 Å². The molecule has 6 nitrogen and oxygen atoms in total. The maximum atomic E-state index is 10.5. The Bertz CT molecular complexity index is 422. The smallest absolute Gasteiger partial charge is 0.275 e. The number of nitrogens with zero attached hydrogens (tertiary/aromatic N) is 2. The molecular weight excluding hydrogens is 186 g/mol. The van der Waals surface area contributed by atoms with E-state index in [9.17, 15) is 15.3 Å². The van der Waals surface area contributed by atoms with E-state index in [1.54, 1.807) is 13.8 Å². The Kier molecular flexibility index (Phi) is 2.55. The van der Waals surface area contributed by atoms with Crippen molar-refractivity contribution < 1.29 is 10.1 Å². The number of nitro groups is 1. The molecule has 0 saturated heterocycles. The zero-order chi connectivity index (χ0) is 10.9. The Hall–Kier alpha value is -1.85. The molecule has 0 saturated carbocycles. The summed E-state index contributed by atoms with van der Waals surface area (Å²) in [5.41, 5.74) is -0.115. The minimum atomic E-state index is -0.579. The molecule has 0 atom stereocenters. The van der Waals surface area contributed by atoms with Gasteiger partial charge in [0.25, 0.3) is 5.69 Å². The van der Waals surface area contributed by atoms with Crippen LogP contribution in [-0.2, 0) is 0 Å². The Morgan fingerprint density at radius 2 is 2.14 bits per heavy atom. The van der Waals surface area contributed by atoms with E-state index < -0.39 is 4.92 Å². The van der Waals surface area contributed by atoms with Gasteiger partial charge in [-0.1, -0.05) is 13.8 Å². The summed E-state index contributed by atoms with van der Waals surface area (Å²) in [5, 5.41) is 27.1. The molecule has 0 aliphatic rings. The van der Waals surface area contributed by atoms with Gasteiger partial charge in [-0.15, -0.1) is 0 Å². The number of nitrogens with one attached hydrogen (secondary N) is 1. The van der Waals surface area contributed by atoms with Gasteiger partial charge >= 0.3 is 0 Å². The fourth-order valence-electron chi connectivity index (χ4n) is 1.11. The lowest BCUT2D eigenvalue weighted by atomic mass is 10.1. The van der Waals surface area contributed by atoms with Crippen LogP contribution in [0.15, 0.2) is 12.1 Å². The van der Waals surface area contributed by atoms with Crippen LogP contribution in [0.5, 0.6) is 0 Å². The summed E-state index contributed by atoms with van der Waals surface area (Å²) in [4.78, 5) is 9.89. The van der Waals surface area contributed by atoms with Gasteiger partial charge in [0, 0.05) is 6.07 Å². The lowest BCUT2D eigenvalue weighted by Gasteiger charge is -2.09. The van der Waals surface area contributed by atoms with Crippen molar-refractivity contribution in [1.82, 2.24) is 4.73 Å². The van der Waals surface area contributed by atoms with E-state index in [-0.39, 0.29) is 17.1 Å². The molecule has 0 unspecified atom stereocenters. The van der Waals surface area contributed by atoms with E-state index in [1.807, 2.05) is 0 Å². The lowest BCUT2D eigenvalue weighted by molar-refractivity contribution is -0.385. The predicted molar refractivity (Wildman–Crippen MR) is 48.2 cm³/mol. The highest BCUT2D eigenvalue weighted by Gasteiger charge is 2.13. The lowest BCUT2D eigenvalue weighted by Crippen LogP contribution is -2.21. The van der Waals surface area contributed by atoms with E-state index in [2.05, 4.69) is 0 Å². The molecule has 0 aliphatic carbocycles. The van der Waals surface area contributed by atoms with Gasteiger partial charge in [0.15, 0.2) is 5.49 Å². The molecule has 0 aromatic carbocycles. The maximum absolute atomic E-state index is 10.5. The van der Waals surface area contributed by atoms with Crippen molar-refractivity contribution in [2.45, 2.75) is 19.8 Å². The highest BCUT2D eigenvalue weighted by Crippen LogP contribution is 2.16. The summed E-state index contributed by atoms with van der Waals surface area (Å²) >= 11 is 0. The largest absolute Gasteiger partial charge is 0.427 e. The monoisotopic (exact) mass is 197 g/mol. The molecule has 76 valence electrons. The van der Waals surface area contributed by atoms with Crippen molar-refractivity contribution in [2.24, 2.45) is 0 Å². The van der Waals surface area contributed by atoms with Gasteiger partial charge in [0.05, 0.1) is 16.7 Å². The van der Waals surface area contributed by atoms with E-state index in [1.165, 1.54) is 6.07 Å². The van der Waals surface area contributed by atoms with Crippen LogP contribution in [0.3, 0.4) is 0 Å². The number of hydrogen-bond acceptors (Lipinski definition) is 4. The maximum Gasteiger partial charge on any atom is 0.275 e. The molecule has 0 amide bonds. The number of pyridine rings is 1. The zero-order valence-corrected chi connectivity index (χ0v) is 7.89. The van der Waals surface area contributed by atoms with Crippen LogP contribution in [0, 0.1) is 15.5 Å². The molecular formula is C8H11N3O3. The first-order valence-electron chi connectivity index (χ1n) is 4.08. The first kappa shape index (κ1) is 10.2. The molecule has 0 fully saturated rings. The molecule has 6 heteroatoms. The first-order valence-corrected chi connectivity index (χ1v) is 4.08. The van der Waals surface area contributed by atoms with Crippen molar-refractivity contribution in [3.63, 3.8) is 0 Å². The molecule has 1 rings (SSSR count). The summed E-state index contributed by atoms with van der Waals surface area (Å²) in [6, 6.07) is 2.27. The van der Waals surface area contributed by atoms with Crippen LogP contribution >= 0.6 is 0 Å². The standard InChI is InChI=1S/C8H11N3O3/c1-5(2)7-3-6(11(13)14)4-8(9)10(7)12/h3-5,9,12H,1-2H3. The average Bonchev–Trinajstić information content (AvgIpc) is 2.08. The van der Waals surface area contributed by atoms with E-state index in [4.69, 9.17) is 5.41 Å². The predicted octanol–water partition coefficient (Wildman–Crippen LogP) is 1.24. The topological polar surface area (TPSA) is 92.2 Å². The Balaban J connectivity index is 3.43. The van der Waals surface area contributed by atoms with Crippen LogP contribution in [-0.4, -0.2) is 14.9 Å². The van der Waals surface area contributed by atoms with Gasteiger partial charge in [-0.25, -0.2) is 0 Å². The molecule has 2 N–H and O–H groups in total. The van der Waals surface area contributed by atoms with Gasteiger partial charge in [0.1, 0.15) is 0 Å². The zero-order valence-electron chi connectivity index (χ0n) is 7.89. The summed E-state index contributed by atoms with van der Waals surface area (Å²) in [6.07, 6.45) is 0. The first-order chi connectivity index (χ1) is 6.43. The van der Waals surface area contributed by atoms with Crippen molar-refractivity contribution in [1.29, 1.82) is 5.41 Å². The molecule has 1 heterocycles. The minimum Gasteiger partial charge on any atom is -0.427 e. The van der Waals surface area contributed by atoms with Gasteiger partial charge in [-0.05, 0) is 5.92 Å². The average molecular weight is 197 g/mol. The number of rotatable bonds is 2. The van der Waals surface area contributed by atoms with E-state index in [0.717, 1.165) is 6.07 Å². The van der Waals surface area contributed by atoms with Crippen molar-refractivity contribution in [3.05, 3.63) is 33.4 Å². The minimum absolute atomic E-state index is 0.0796. The number of aromatic nitrogens is 1. The highest BCUT2D eigenvalue weighted by molar-refractivity contribution is 5.30. The van der Waals surface area contributed by atoms with Gasteiger partial charge in [-0.3, -0.25) is 15.5 Å². The van der Waals surface area contributed by atoms with E-state index >= 15 is 0 Å². The van der Waals surface area contributed by atoms with Crippen molar-refractivity contribution in [3.8, 4) is 0 Å². The highest BCUT2D eigenvalue weighted by atomic mass is 16.6. The van der Waals surface area contributed by atoms with Crippen molar-refractivity contribution in [2.75, 3.05) is 0 Å². The van der Waals surface area contributed by atoms with Crippen LogP contribution in [0.25, 0.3) is 0 Å². The van der Waals surface area contributed by atoms with Crippen LogP contribution in [0.4, 0.5) is 5.69 Å². The second-order valence-corrected chi connectivity index (χ2v) is 3.25. The third-order valence-electron chi connectivity index (χ3n) is 1.86. The van der Waals surface area contributed by atoms with Crippen molar-refractivity contribution >= 4 is 5.69 Å². The Morgan fingerprint density at radius 3 is 2.57 bits per heavy atom. The fraction of sp³-hybridized carbons (Fsp3) is 0.375. The molecule has 1 aromatic rings. The molecule has 0 spiro atoms. The quantitative estimate of drug-likeness (QED) is 0.424. The van der Waals surface area contributed by atoms with Crippen LogP contribution in [0.2, 0.25) is 0 Å². The summed E-state index contributed by atoms with van der Waals surface area (Å²) in [5.74, 6) is -0.0796. The summed E-state index contributed by atoms with van der Waals surface area (Å²) in [7, 11) is 0. The second kappa shape index (κ2) is 3.49. The molecule has 1 aromatic heterocycles. The third-order valence-corrected chi connectivity index (χ3v) is 1.86. The molecule has 14 heavy (non-hydrogen) atoms. The third kappa shape index (κ3) is 1.73. The molecule has 0 aliphatic heterocycles. The van der Waals surface area contributed by atoms with Gasteiger partial charge in [-0.2, -0.15) is 4.73 Å². The Morgan fingerprint density at radius 1 is 1.57 bits per heavy atom. The normalized spacial score (nSPS) is 10.5. The fourth-order valence-corrected chi connectivity index (χ4v) is 1.11. The summed E-state index contributed by atoms with van der Waals surface area (Å²) < 4.78 is 0.650. The molecule has 0 radical (unpaired) electrons. The molecule has 0 bridgehead atoms. The van der Waals surface area contributed by atoms with Gasteiger partial charge < -0.3 is 5.21 Å².